The van der Waals surface area contributed by atoms with Gasteiger partial charge in [-0.05, 0) is 25.1 Å². The zero-order valence-corrected chi connectivity index (χ0v) is 20.9. The van der Waals surface area contributed by atoms with Crippen LogP contribution in [0.2, 0.25) is 0 Å². The molecule has 1 aliphatic heterocycles. The van der Waals surface area contributed by atoms with Gasteiger partial charge in [0.05, 0.1) is 17.1 Å². The second kappa shape index (κ2) is 12.8. The molecule has 35 heavy (non-hydrogen) atoms. The van der Waals surface area contributed by atoms with Crippen LogP contribution in [0, 0.1) is 29.5 Å². The molecule has 1 aliphatic rings. The molecule has 0 amide bonds. The van der Waals surface area contributed by atoms with Gasteiger partial charge in [0, 0.05) is 19.0 Å². The van der Waals surface area contributed by atoms with Gasteiger partial charge in [-0.25, -0.2) is 8.42 Å². The molecular weight excluding hydrogens is 473 g/mol. The van der Waals surface area contributed by atoms with Crippen LogP contribution in [0.25, 0.3) is 16.8 Å². The number of H-pyrrole nitrogens is 1. The predicted octanol–water partition coefficient (Wildman–Crippen LogP) is -0.923. The van der Waals surface area contributed by atoms with Gasteiger partial charge in [-0.1, -0.05) is 13.3 Å². The smallest absolute Gasteiger partial charge is 0.906 e. The van der Waals surface area contributed by atoms with Crippen molar-refractivity contribution < 1.29 is 41.9 Å². The number of nitrogens with zero attached hydrogens (tertiary/aromatic N) is 4. The molecule has 1 aromatic heterocycles. The Balaban J connectivity index is 0.00000306. The van der Waals surface area contributed by atoms with Gasteiger partial charge < -0.3 is 33.1 Å². The zero-order valence-electron chi connectivity index (χ0n) is 20.1. The third kappa shape index (κ3) is 7.14. The van der Waals surface area contributed by atoms with Gasteiger partial charge in [0.2, 0.25) is 10.0 Å². The Morgan fingerprint density at radius 3 is 2.66 bits per heavy atom. The number of aromatic amines is 1. The van der Waals surface area contributed by atoms with Crippen molar-refractivity contribution in [1.29, 1.82) is 0 Å². The molecule has 0 unspecified atom stereocenters. The SMILES string of the molecule is CCCC(=[N-])c1[c-]c(=O)[nH]c(-c2cc(S(=O)(=O)N3CC(CO[N+](=O)[O-])C3)ccc2OCC)n1.[CH3-].[Li+]. The third-order valence-electron chi connectivity index (χ3n) is 4.93. The van der Waals surface area contributed by atoms with Crippen molar-refractivity contribution in [1.82, 2.24) is 14.3 Å². The fraction of sp³-hybridized carbons (Fsp3) is 0.429. The van der Waals surface area contributed by atoms with Crippen molar-refractivity contribution in [2.24, 2.45) is 5.92 Å². The minimum absolute atomic E-state index is 0. The Bertz CT molecular complexity index is 1210. The first-order valence-electron chi connectivity index (χ1n) is 10.3. The van der Waals surface area contributed by atoms with Crippen LogP contribution in [0.5, 0.6) is 5.75 Å². The molecular formula is C21H26LiN5O7S-2. The Morgan fingerprint density at radius 2 is 2.06 bits per heavy atom. The van der Waals surface area contributed by atoms with Gasteiger partial charge in [-0.15, -0.1) is 22.2 Å². The van der Waals surface area contributed by atoms with E-state index in [0.29, 0.717) is 18.6 Å². The van der Waals surface area contributed by atoms with Crippen LogP contribution in [-0.2, 0) is 14.9 Å². The van der Waals surface area contributed by atoms with E-state index >= 15 is 0 Å². The Morgan fingerprint density at radius 1 is 1.37 bits per heavy atom. The van der Waals surface area contributed by atoms with Crippen molar-refractivity contribution in [2.75, 3.05) is 26.3 Å². The van der Waals surface area contributed by atoms with E-state index in [-0.39, 0.29) is 86.2 Å². The first-order chi connectivity index (χ1) is 15.6. The summed E-state index contributed by atoms with van der Waals surface area (Å²) in [6.07, 6.45) is 0.931. The van der Waals surface area contributed by atoms with E-state index in [4.69, 9.17) is 4.74 Å². The molecule has 0 spiro atoms. The van der Waals surface area contributed by atoms with Gasteiger partial charge in [-0.3, -0.25) is 9.78 Å². The maximum absolute atomic E-state index is 13.0. The largest absolute Gasteiger partial charge is 1.00 e. The fourth-order valence-electron chi connectivity index (χ4n) is 3.31. The number of aromatic nitrogens is 2. The second-order valence-electron chi connectivity index (χ2n) is 7.38. The summed E-state index contributed by atoms with van der Waals surface area (Å²) in [6.45, 7) is 3.88. The van der Waals surface area contributed by atoms with E-state index in [1.807, 2.05) is 6.92 Å². The van der Waals surface area contributed by atoms with E-state index < -0.39 is 20.7 Å². The summed E-state index contributed by atoms with van der Waals surface area (Å²) in [7, 11) is -3.91. The van der Waals surface area contributed by atoms with Crippen LogP contribution >= 0.6 is 0 Å². The second-order valence-corrected chi connectivity index (χ2v) is 9.32. The van der Waals surface area contributed by atoms with Crippen molar-refractivity contribution >= 4 is 15.7 Å². The van der Waals surface area contributed by atoms with E-state index in [1.54, 1.807) is 6.92 Å². The summed E-state index contributed by atoms with van der Waals surface area (Å²) in [4.78, 5) is 33.5. The molecule has 14 heteroatoms. The summed E-state index contributed by atoms with van der Waals surface area (Å²) >= 11 is 0. The molecule has 0 aliphatic carbocycles. The van der Waals surface area contributed by atoms with Gasteiger partial charge >= 0.3 is 18.9 Å². The minimum Gasteiger partial charge on any atom is -0.906 e. The maximum Gasteiger partial charge on any atom is 1.00 e. The number of sulfonamides is 1. The molecule has 2 heterocycles. The summed E-state index contributed by atoms with van der Waals surface area (Å²) in [5, 5.41) is 19.6. The first-order valence-corrected chi connectivity index (χ1v) is 11.7. The number of nitrogens with one attached hydrogen (secondary N) is 1. The zero-order chi connectivity index (χ0) is 24.2. The summed E-state index contributed by atoms with van der Waals surface area (Å²) in [6, 6.07) is 6.59. The monoisotopic (exact) mass is 499 g/mol. The van der Waals surface area contributed by atoms with E-state index in [9.17, 15) is 28.7 Å². The first kappa shape index (κ1) is 30.3. The molecule has 12 nitrogen and oxygen atoms in total. The van der Waals surface area contributed by atoms with Gasteiger partial charge in [0.1, 0.15) is 18.2 Å². The van der Waals surface area contributed by atoms with E-state index in [1.165, 1.54) is 22.5 Å². The van der Waals surface area contributed by atoms with Crippen LogP contribution in [0.15, 0.2) is 27.9 Å². The van der Waals surface area contributed by atoms with Crippen molar-refractivity contribution in [2.45, 2.75) is 31.6 Å². The average molecular weight is 499 g/mol. The third-order valence-corrected chi connectivity index (χ3v) is 6.76. The van der Waals surface area contributed by atoms with Crippen molar-refractivity contribution in [3.05, 3.63) is 63.3 Å². The van der Waals surface area contributed by atoms with Gasteiger partial charge in [0.15, 0.2) is 5.56 Å². The van der Waals surface area contributed by atoms with Crippen molar-refractivity contribution in [3.8, 4) is 17.1 Å². The maximum atomic E-state index is 13.0. The van der Waals surface area contributed by atoms with Gasteiger partial charge in [0.25, 0.3) is 5.09 Å². The molecule has 3 rings (SSSR count). The van der Waals surface area contributed by atoms with Crippen LogP contribution < -0.4 is 29.2 Å². The Hall–Kier alpha value is -2.72. The molecule has 0 radical (unpaired) electrons. The Labute approximate surface area is 215 Å². The number of ether oxygens (including phenoxy) is 1. The summed E-state index contributed by atoms with van der Waals surface area (Å²) in [5.74, 6) is 0.0417. The molecule has 1 aromatic carbocycles. The van der Waals surface area contributed by atoms with Crippen LogP contribution in [0.1, 0.15) is 32.4 Å². The predicted molar refractivity (Wildman–Crippen MR) is 124 cm³/mol. The number of hydrogen-bond donors (Lipinski definition) is 1. The molecule has 0 saturated carbocycles. The van der Waals surface area contributed by atoms with E-state index in [2.05, 4.69) is 20.9 Å². The standard InChI is InChI=1S/C20H23N5O7S.CH3.Li/c1-3-5-16(21)17-9-19(26)23-20(22-17)15-8-14(6-7-18(15)31-4-2)33(29,30)24-10-13(11-24)12-32-25(27)28;;/h6-8,13H,3-5,10-12H2,1-2H3,(H,22,23,26);1H3;/q-2;-1;+1. The normalized spacial score (nSPS) is 13.7. The van der Waals surface area contributed by atoms with E-state index in [0.717, 1.165) is 0 Å². The van der Waals surface area contributed by atoms with Crippen molar-refractivity contribution in [3.63, 3.8) is 0 Å². The Kier molecular flexibility index (Phi) is 11.1. The molecule has 1 N–H and O–H groups in total. The average Bonchev–Trinajstić information content (AvgIpc) is 2.72. The minimum atomic E-state index is -3.91. The van der Waals surface area contributed by atoms with Gasteiger partial charge in [-0.2, -0.15) is 10.4 Å². The number of hydrogen-bond acceptors (Lipinski definition) is 8. The van der Waals surface area contributed by atoms with Crippen LogP contribution in [0.4, 0.5) is 0 Å². The molecule has 0 atom stereocenters. The fourth-order valence-corrected chi connectivity index (χ4v) is 4.93. The number of benzene rings is 1. The number of rotatable bonds is 11. The summed E-state index contributed by atoms with van der Waals surface area (Å²) in [5.41, 5.74) is -0.536. The quantitative estimate of drug-likeness (QED) is 0.136. The van der Waals surface area contributed by atoms with Crippen LogP contribution in [-0.4, -0.2) is 59.8 Å². The topological polar surface area (TPSA) is 167 Å². The molecule has 0 bridgehead atoms. The molecule has 186 valence electrons. The molecule has 2 aromatic rings. The van der Waals surface area contributed by atoms with Crippen LogP contribution in [0.3, 0.4) is 0 Å². The summed E-state index contributed by atoms with van der Waals surface area (Å²) < 4.78 is 32.9. The molecule has 1 fully saturated rings. The molecule has 1 saturated heterocycles.